The number of halogens is 2. The highest BCUT2D eigenvalue weighted by Gasteiger charge is 2.52. The fourth-order valence-corrected chi connectivity index (χ4v) is 2.79. The Hall–Kier alpha value is -1.56. The summed E-state index contributed by atoms with van der Waals surface area (Å²) < 4.78 is 26.4. The molecule has 6 heteroatoms. The summed E-state index contributed by atoms with van der Waals surface area (Å²) >= 11 is 1.57. The third-order valence-electron chi connectivity index (χ3n) is 2.94. The molecule has 0 unspecified atom stereocenters. The molecule has 0 radical (unpaired) electrons. The minimum atomic E-state index is -3.42. The van der Waals surface area contributed by atoms with Crippen LogP contribution in [0, 0.1) is 6.92 Å². The maximum absolute atomic E-state index is 13.2. The second-order valence-electron chi connectivity index (χ2n) is 4.42. The van der Waals surface area contributed by atoms with Gasteiger partial charge >= 0.3 is 5.92 Å². The van der Waals surface area contributed by atoms with Crippen LogP contribution < -0.4 is 0 Å². The number of rotatable bonds is 4. The van der Waals surface area contributed by atoms with E-state index in [4.69, 9.17) is 0 Å². The molecular formula is C13H13F2NO2S. The molecule has 2 heterocycles. The number of likely N-dealkylation sites (tertiary alicyclic amines) is 1. The molecule has 1 amide bonds. The number of hydrogen-bond acceptors (Lipinski definition) is 3. The van der Waals surface area contributed by atoms with Gasteiger partial charge in [-0.05, 0) is 25.1 Å². The summed E-state index contributed by atoms with van der Waals surface area (Å²) in [5.74, 6) is -4.68. The summed E-state index contributed by atoms with van der Waals surface area (Å²) in [5, 5.41) is 0. The molecule has 0 saturated carbocycles. The van der Waals surface area contributed by atoms with Crippen LogP contribution in [-0.2, 0) is 9.59 Å². The summed E-state index contributed by atoms with van der Waals surface area (Å²) in [6, 6.07) is 2.83. The van der Waals surface area contributed by atoms with Gasteiger partial charge in [0.1, 0.15) is 6.29 Å². The van der Waals surface area contributed by atoms with Gasteiger partial charge in [-0.1, -0.05) is 6.08 Å². The lowest BCUT2D eigenvalue weighted by atomic mass is 10.2. The van der Waals surface area contributed by atoms with Gasteiger partial charge in [0.05, 0.1) is 6.04 Å². The van der Waals surface area contributed by atoms with Crippen LogP contribution in [0.4, 0.5) is 8.78 Å². The standard InChI is InChI=1S/C13H13F2NO2S/c1-9-4-5-11(19-9)3-2-6-16-10(8-17)7-13(14,15)12(16)18/h2-5,8,10H,6-7H2,1H3/b3-2-/t10-/m1/s1. The fourth-order valence-electron chi connectivity index (χ4n) is 1.99. The maximum atomic E-state index is 13.2. The van der Waals surface area contributed by atoms with Crippen LogP contribution in [0.15, 0.2) is 18.2 Å². The zero-order chi connectivity index (χ0) is 14.0. The molecule has 0 spiro atoms. The first-order valence-corrected chi connectivity index (χ1v) is 6.63. The molecular weight excluding hydrogens is 272 g/mol. The first-order chi connectivity index (χ1) is 8.94. The molecule has 1 aromatic rings. The van der Waals surface area contributed by atoms with Crippen LogP contribution >= 0.6 is 11.3 Å². The lowest BCUT2D eigenvalue weighted by Gasteiger charge is -2.17. The lowest BCUT2D eigenvalue weighted by molar-refractivity contribution is -0.147. The predicted octanol–water partition coefficient (Wildman–Crippen LogP) is 2.50. The zero-order valence-electron chi connectivity index (χ0n) is 10.3. The van der Waals surface area contributed by atoms with E-state index >= 15 is 0 Å². The van der Waals surface area contributed by atoms with E-state index in [1.807, 2.05) is 19.1 Å². The van der Waals surface area contributed by atoms with E-state index in [0.717, 1.165) is 14.7 Å². The van der Waals surface area contributed by atoms with Crippen molar-refractivity contribution < 1.29 is 18.4 Å². The van der Waals surface area contributed by atoms with Crippen molar-refractivity contribution in [3.05, 3.63) is 28.0 Å². The average Bonchev–Trinajstić information content (AvgIpc) is 2.85. The van der Waals surface area contributed by atoms with Crippen molar-refractivity contribution in [1.82, 2.24) is 4.90 Å². The number of carbonyl (C=O) groups is 2. The Morgan fingerprint density at radius 3 is 2.84 bits per heavy atom. The number of aldehydes is 1. The Morgan fingerprint density at radius 1 is 1.53 bits per heavy atom. The predicted molar refractivity (Wildman–Crippen MR) is 69.2 cm³/mol. The smallest absolute Gasteiger partial charge is 0.324 e. The minimum absolute atomic E-state index is 0.0226. The van der Waals surface area contributed by atoms with Gasteiger partial charge in [0.2, 0.25) is 0 Å². The highest BCUT2D eigenvalue weighted by Crippen LogP contribution is 2.32. The second-order valence-corrected chi connectivity index (χ2v) is 5.74. The Balaban J connectivity index is 2.04. The van der Waals surface area contributed by atoms with E-state index in [1.54, 1.807) is 23.5 Å². The van der Waals surface area contributed by atoms with Crippen molar-refractivity contribution in [2.75, 3.05) is 6.54 Å². The Morgan fingerprint density at radius 2 is 2.26 bits per heavy atom. The molecule has 1 aliphatic rings. The van der Waals surface area contributed by atoms with E-state index in [9.17, 15) is 18.4 Å². The van der Waals surface area contributed by atoms with Crippen LogP contribution in [0.25, 0.3) is 6.08 Å². The molecule has 1 aromatic heterocycles. The Kier molecular flexibility index (Phi) is 3.80. The molecule has 3 nitrogen and oxygen atoms in total. The highest BCUT2D eigenvalue weighted by atomic mass is 32.1. The average molecular weight is 285 g/mol. The lowest BCUT2D eigenvalue weighted by Crippen LogP contribution is -2.37. The largest absolute Gasteiger partial charge is 0.327 e. The molecule has 0 aromatic carbocycles. The number of hydrogen-bond donors (Lipinski definition) is 0. The van der Waals surface area contributed by atoms with E-state index < -0.39 is 24.3 Å². The van der Waals surface area contributed by atoms with Crippen LogP contribution in [0.1, 0.15) is 16.2 Å². The number of carbonyl (C=O) groups excluding carboxylic acids is 2. The van der Waals surface area contributed by atoms with E-state index in [-0.39, 0.29) is 6.54 Å². The molecule has 0 aliphatic carbocycles. The van der Waals surface area contributed by atoms with Crippen LogP contribution in [0.2, 0.25) is 0 Å². The third kappa shape index (κ3) is 2.89. The quantitative estimate of drug-likeness (QED) is 0.797. The van der Waals surface area contributed by atoms with Crippen molar-refractivity contribution in [3.8, 4) is 0 Å². The number of nitrogens with zero attached hydrogens (tertiary/aromatic N) is 1. The van der Waals surface area contributed by atoms with Gasteiger partial charge in [-0.25, -0.2) is 0 Å². The van der Waals surface area contributed by atoms with Gasteiger partial charge in [-0.2, -0.15) is 8.78 Å². The highest BCUT2D eigenvalue weighted by molar-refractivity contribution is 7.12. The first-order valence-electron chi connectivity index (χ1n) is 5.81. The monoisotopic (exact) mass is 285 g/mol. The molecule has 19 heavy (non-hydrogen) atoms. The van der Waals surface area contributed by atoms with Crippen molar-refractivity contribution in [1.29, 1.82) is 0 Å². The molecule has 1 saturated heterocycles. The Labute approximate surface area is 113 Å². The Bertz CT molecular complexity index is 524. The summed E-state index contributed by atoms with van der Waals surface area (Å²) in [4.78, 5) is 25.2. The van der Waals surface area contributed by atoms with Gasteiger partial charge in [0.25, 0.3) is 5.91 Å². The van der Waals surface area contributed by atoms with E-state index in [2.05, 4.69) is 0 Å². The van der Waals surface area contributed by atoms with Gasteiger partial charge in [0, 0.05) is 22.7 Å². The molecule has 0 N–H and O–H groups in total. The number of amides is 1. The molecule has 1 atom stereocenters. The summed E-state index contributed by atoms with van der Waals surface area (Å²) in [5.41, 5.74) is 0. The third-order valence-corrected chi connectivity index (χ3v) is 3.91. The van der Waals surface area contributed by atoms with Gasteiger partial charge in [-0.15, -0.1) is 11.3 Å². The minimum Gasteiger partial charge on any atom is -0.324 e. The first kappa shape index (κ1) is 13.9. The second kappa shape index (κ2) is 5.21. The van der Waals surface area contributed by atoms with Crippen molar-refractivity contribution in [2.24, 2.45) is 0 Å². The zero-order valence-corrected chi connectivity index (χ0v) is 11.1. The molecule has 0 bridgehead atoms. The summed E-state index contributed by atoms with van der Waals surface area (Å²) in [6.45, 7) is 1.99. The maximum Gasteiger partial charge on any atom is 0.327 e. The molecule has 102 valence electrons. The SMILES string of the molecule is Cc1ccc(/C=C\CN2C(=O)C(F)(F)C[C@@H]2C=O)s1. The van der Waals surface area contributed by atoms with Crippen molar-refractivity contribution >= 4 is 29.6 Å². The van der Waals surface area contributed by atoms with Gasteiger partial charge in [0.15, 0.2) is 0 Å². The molecule has 1 aliphatic heterocycles. The van der Waals surface area contributed by atoms with Crippen LogP contribution in [0.5, 0.6) is 0 Å². The number of aryl methyl sites for hydroxylation is 1. The van der Waals surface area contributed by atoms with Gasteiger partial charge < -0.3 is 9.69 Å². The summed E-state index contributed by atoms with van der Waals surface area (Å²) in [6.07, 6.45) is 3.08. The van der Waals surface area contributed by atoms with Crippen LogP contribution in [0.3, 0.4) is 0 Å². The van der Waals surface area contributed by atoms with E-state index in [1.165, 1.54) is 0 Å². The topological polar surface area (TPSA) is 37.4 Å². The van der Waals surface area contributed by atoms with Gasteiger partial charge in [-0.3, -0.25) is 4.79 Å². The fraction of sp³-hybridized carbons (Fsp3) is 0.385. The number of alkyl halides is 2. The normalized spacial score (nSPS) is 22.4. The summed E-state index contributed by atoms with van der Waals surface area (Å²) in [7, 11) is 0. The number of thiophene rings is 1. The molecule has 1 fully saturated rings. The van der Waals surface area contributed by atoms with E-state index in [0.29, 0.717) is 6.29 Å². The van der Waals surface area contributed by atoms with Crippen molar-refractivity contribution in [2.45, 2.75) is 25.3 Å². The van der Waals surface area contributed by atoms with Crippen molar-refractivity contribution in [3.63, 3.8) is 0 Å². The molecule has 2 rings (SSSR count). The van der Waals surface area contributed by atoms with Crippen LogP contribution in [-0.4, -0.2) is 35.6 Å².